The first kappa shape index (κ1) is 13.3. The minimum absolute atomic E-state index is 0.0530. The van der Waals surface area contributed by atoms with E-state index in [1.165, 1.54) is 0 Å². The summed E-state index contributed by atoms with van der Waals surface area (Å²) in [5.41, 5.74) is 0.956. The van der Waals surface area contributed by atoms with Crippen molar-refractivity contribution in [3.05, 3.63) is 17.8 Å². The predicted octanol–water partition coefficient (Wildman–Crippen LogP) is 2.71. The summed E-state index contributed by atoms with van der Waals surface area (Å²) in [7, 11) is 0. The van der Waals surface area contributed by atoms with E-state index in [0.717, 1.165) is 23.7 Å². The maximum atomic E-state index is 8.59. The second kappa shape index (κ2) is 5.53. The highest BCUT2D eigenvalue weighted by molar-refractivity contribution is 5.47. The highest BCUT2D eigenvalue weighted by atomic mass is 16.5. The van der Waals surface area contributed by atoms with Gasteiger partial charge < -0.3 is 10.1 Å². The molecule has 0 aliphatic heterocycles. The van der Waals surface area contributed by atoms with Gasteiger partial charge in [0, 0.05) is 24.4 Å². The number of rotatable bonds is 4. The van der Waals surface area contributed by atoms with E-state index in [2.05, 4.69) is 31.1 Å². The van der Waals surface area contributed by atoms with Gasteiger partial charge in [0.15, 0.2) is 6.61 Å². The molecule has 4 heteroatoms. The van der Waals surface area contributed by atoms with Crippen LogP contribution in [-0.2, 0) is 5.41 Å². The van der Waals surface area contributed by atoms with Gasteiger partial charge in [0.05, 0.1) is 0 Å². The number of pyridine rings is 1. The van der Waals surface area contributed by atoms with Gasteiger partial charge in [-0.1, -0.05) is 20.8 Å². The second-order valence-electron chi connectivity index (χ2n) is 4.79. The van der Waals surface area contributed by atoms with Gasteiger partial charge in [0.2, 0.25) is 0 Å². The lowest BCUT2D eigenvalue weighted by Gasteiger charge is -2.22. The molecule has 0 aliphatic rings. The van der Waals surface area contributed by atoms with Crippen LogP contribution in [0.2, 0.25) is 0 Å². The molecule has 0 fully saturated rings. The van der Waals surface area contributed by atoms with Gasteiger partial charge in [-0.3, -0.25) is 0 Å². The lowest BCUT2D eigenvalue weighted by Crippen LogP contribution is -2.15. The van der Waals surface area contributed by atoms with Gasteiger partial charge in [0.25, 0.3) is 0 Å². The average Bonchev–Trinajstić information content (AvgIpc) is 2.25. The van der Waals surface area contributed by atoms with Crippen molar-refractivity contribution in [1.82, 2.24) is 4.98 Å². The number of aromatic nitrogens is 1. The molecule has 0 saturated carbocycles. The molecule has 0 radical (unpaired) electrons. The molecule has 92 valence electrons. The van der Waals surface area contributed by atoms with Crippen LogP contribution in [0.3, 0.4) is 0 Å². The van der Waals surface area contributed by atoms with E-state index in [9.17, 15) is 0 Å². The van der Waals surface area contributed by atoms with E-state index in [-0.39, 0.29) is 12.0 Å². The third kappa shape index (κ3) is 3.63. The van der Waals surface area contributed by atoms with E-state index in [4.69, 9.17) is 10.00 Å². The highest BCUT2D eigenvalue weighted by Crippen LogP contribution is 2.32. The smallest absolute Gasteiger partial charge is 0.174 e. The van der Waals surface area contributed by atoms with Crippen molar-refractivity contribution in [2.75, 3.05) is 18.5 Å². The van der Waals surface area contributed by atoms with E-state index in [1.54, 1.807) is 0 Å². The summed E-state index contributed by atoms with van der Waals surface area (Å²) in [5.74, 6) is 1.50. The zero-order valence-corrected chi connectivity index (χ0v) is 10.9. The van der Waals surface area contributed by atoms with Gasteiger partial charge in [-0.25, -0.2) is 4.98 Å². The Hall–Kier alpha value is -1.76. The van der Waals surface area contributed by atoms with Crippen LogP contribution in [-0.4, -0.2) is 18.1 Å². The largest absolute Gasteiger partial charge is 0.478 e. The van der Waals surface area contributed by atoms with Gasteiger partial charge in [0.1, 0.15) is 17.6 Å². The second-order valence-corrected chi connectivity index (χ2v) is 4.79. The zero-order chi connectivity index (χ0) is 12.9. The number of anilines is 1. The van der Waals surface area contributed by atoms with Crippen LogP contribution in [0.5, 0.6) is 5.75 Å². The van der Waals surface area contributed by atoms with Crippen molar-refractivity contribution in [3.63, 3.8) is 0 Å². The molecule has 17 heavy (non-hydrogen) atoms. The Morgan fingerprint density at radius 1 is 1.47 bits per heavy atom. The van der Waals surface area contributed by atoms with Crippen LogP contribution < -0.4 is 10.1 Å². The fraction of sp³-hybridized carbons (Fsp3) is 0.538. The van der Waals surface area contributed by atoms with Crippen LogP contribution in [0.1, 0.15) is 33.3 Å². The summed E-state index contributed by atoms with van der Waals surface area (Å²) in [4.78, 5) is 4.33. The van der Waals surface area contributed by atoms with Crippen molar-refractivity contribution < 1.29 is 4.74 Å². The van der Waals surface area contributed by atoms with Crippen molar-refractivity contribution in [3.8, 4) is 11.8 Å². The summed E-state index contributed by atoms with van der Waals surface area (Å²) in [6.45, 7) is 9.15. The molecule has 0 spiro atoms. The summed E-state index contributed by atoms with van der Waals surface area (Å²) in [5, 5.41) is 11.7. The van der Waals surface area contributed by atoms with E-state index in [1.807, 2.05) is 25.3 Å². The number of hydrogen-bond acceptors (Lipinski definition) is 4. The van der Waals surface area contributed by atoms with Gasteiger partial charge in [-0.15, -0.1) is 0 Å². The Balaban J connectivity index is 3.08. The third-order valence-corrected chi connectivity index (χ3v) is 2.32. The number of hydrogen-bond donors (Lipinski definition) is 1. The van der Waals surface area contributed by atoms with Crippen molar-refractivity contribution in [2.24, 2.45) is 0 Å². The van der Waals surface area contributed by atoms with Gasteiger partial charge >= 0.3 is 0 Å². The fourth-order valence-electron chi connectivity index (χ4n) is 1.51. The number of nitrogens with one attached hydrogen (secondary N) is 1. The fourth-order valence-corrected chi connectivity index (χ4v) is 1.51. The Labute approximate surface area is 103 Å². The molecule has 0 atom stereocenters. The molecule has 1 heterocycles. The van der Waals surface area contributed by atoms with Gasteiger partial charge in [-0.2, -0.15) is 5.26 Å². The minimum atomic E-state index is -0.0530. The maximum Gasteiger partial charge on any atom is 0.174 e. The molecule has 1 aromatic rings. The molecule has 0 unspecified atom stereocenters. The molecule has 4 nitrogen and oxygen atoms in total. The Morgan fingerprint density at radius 3 is 2.71 bits per heavy atom. The van der Waals surface area contributed by atoms with Crippen LogP contribution in [0.4, 0.5) is 5.82 Å². The molecule has 1 aromatic heterocycles. The van der Waals surface area contributed by atoms with Gasteiger partial charge in [-0.05, 0) is 12.3 Å². The quantitative estimate of drug-likeness (QED) is 0.868. The van der Waals surface area contributed by atoms with E-state index in [0.29, 0.717) is 0 Å². The summed E-state index contributed by atoms with van der Waals surface area (Å²) < 4.78 is 5.46. The van der Waals surface area contributed by atoms with Crippen LogP contribution in [0.15, 0.2) is 12.3 Å². The topological polar surface area (TPSA) is 57.9 Å². The van der Waals surface area contributed by atoms with Crippen molar-refractivity contribution >= 4 is 5.82 Å². The lowest BCUT2D eigenvalue weighted by atomic mass is 9.87. The Bertz CT molecular complexity index is 416. The molecule has 1 N–H and O–H groups in total. The molecule has 0 aliphatic carbocycles. The Kier molecular flexibility index (Phi) is 4.33. The van der Waals surface area contributed by atoms with Crippen molar-refractivity contribution in [2.45, 2.75) is 33.1 Å². The third-order valence-electron chi connectivity index (χ3n) is 2.32. The van der Waals surface area contributed by atoms with Crippen LogP contribution in [0, 0.1) is 11.3 Å². The first-order valence-electron chi connectivity index (χ1n) is 5.73. The first-order chi connectivity index (χ1) is 7.99. The monoisotopic (exact) mass is 233 g/mol. The molecule has 0 saturated heterocycles. The molecule has 0 amide bonds. The molecule has 0 bridgehead atoms. The summed E-state index contributed by atoms with van der Waals surface area (Å²) >= 11 is 0. The molecular weight excluding hydrogens is 214 g/mol. The lowest BCUT2D eigenvalue weighted by molar-refractivity contribution is 0.355. The highest BCUT2D eigenvalue weighted by Gasteiger charge is 2.20. The molecular formula is C13H19N3O. The summed E-state index contributed by atoms with van der Waals surface area (Å²) in [6.07, 6.45) is 1.81. The Morgan fingerprint density at radius 2 is 2.18 bits per heavy atom. The molecule has 1 rings (SSSR count). The zero-order valence-electron chi connectivity index (χ0n) is 10.9. The minimum Gasteiger partial charge on any atom is -0.478 e. The van der Waals surface area contributed by atoms with E-state index >= 15 is 0 Å². The standard InChI is InChI=1S/C13H19N3O/c1-5-15-12-8-11(17-7-6-14)10(9-16-12)13(2,3)4/h8-9H,5,7H2,1-4H3,(H,15,16). The SMILES string of the molecule is CCNc1cc(OCC#N)c(C(C)(C)C)cn1. The van der Waals surface area contributed by atoms with Crippen LogP contribution >= 0.6 is 0 Å². The number of nitriles is 1. The first-order valence-corrected chi connectivity index (χ1v) is 5.73. The molecule has 0 aromatic carbocycles. The van der Waals surface area contributed by atoms with Crippen molar-refractivity contribution in [1.29, 1.82) is 5.26 Å². The van der Waals surface area contributed by atoms with Crippen LogP contribution in [0.25, 0.3) is 0 Å². The maximum absolute atomic E-state index is 8.59. The van der Waals surface area contributed by atoms with E-state index < -0.39 is 0 Å². The average molecular weight is 233 g/mol. The predicted molar refractivity (Wildman–Crippen MR) is 68.2 cm³/mol. The number of ether oxygens (including phenoxy) is 1. The summed E-state index contributed by atoms with van der Waals surface area (Å²) in [6, 6.07) is 3.83. The number of nitrogens with zero attached hydrogens (tertiary/aromatic N) is 2. The normalized spacial score (nSPS) is 10.8.